The molecule has 0 aliphatic heterocycles. The number of esters is 1. The monoisotopic (exact) mass is 1150 g/mol. The smallest absolute Gasteiger partial charge is 0.343 e. The van der Waals surface area contributed by atoms with Gasteiger partial charge in [-0.25, -0.2) is 20.0 Å². The Morgan fingerprint density at radius 3 is 0.976 bits per heavy atom. The molecule has 460 valence electrons. The van der Waals surface area contributed by atoms with Gasteiger partial charge in [-0.05, 0) is 97.6 Å². The number of rotatable bonds is 51. The Hall–Kier alpha value is -5.84. The molecule has 11 heteroatoms. The third-order valence-electron chi connectivity index (χ3n) is 15.8. The molecule has 0 aliphatic carbocycles. The van der Waals surface area contributed by atoms with Crippen LogP contribution in [0, 0.1) is 0 Å². The number of nitrogens with zero attached hydrogens (tertiary/aromatic N) is 6. The summed E-state index contributed by atoms with van der Waals surface area (Å²) < 4.78 is 6.18. The normalized spacial score (nSPS) is 11.2. The average molecular weight is 1150 g/mol. The van der Waals surface area contributed by atoms with Crippen LogP contribution in [0.1, 0.15) is 262 Å². The summed E-state index contributed by atoms with van der Waals surface area (Å²) in [6, 6.07) is 40.7. The molecule has 0 aliphatic rings. The summed E-state index contributed by atoms with van der Waals surface area (Å²) in [5.74, 6) is -0.265. The molecule has 11 nitrogen and oxygen atoms in total. The van der Waals surface area contributed by atoms with Crippen LogP contribution in [0.4, 0.5) is 39.8 Å². The van der Waals surface area contributed by atoms with Crippen molar-refractivity contribution in [2.75, 3.05) is 35.0 Å². The molecule has 0 aromatic heterocycles. The van der Waals surface area contributed by atoms with E-state index in [2.05, 4.69) is 42.9 Å². The van der Waals surface area contributed by atoms with Gasteiger partial charge >= 0.3 is 5.97 Å². The summed E-state index contributed by atoms with van der Waals surface area (Å²) in [5.41, 5.74) is 14.0. The van der Waals surface area contributed by atoms with E-state index in [1.807, 2.05) is 106 Å². The zero-order valence-corrected chi connectivity index (χ0v) is 52.4. The van der Waals surface area contributed by atoms with Gasteiger partial charge in [0.05, 0.1) is 53.8 Å². The van der Waals surface area contributed by atoms with Crippen molar-refractivity contribution in [1.82, 2.24) is 0 Å². The van der Waals surface area contributed by atoms with E-state index in [1.54, 1.807) is 24.3 Å². The first-order chi connectivity index (χ1) is 41.6. The summed E-state index contributed by atoms with van der Waals surface area (Å²) in [6.45, 7) is 8.22. The number of para-hydroxylation sites is 3. The van der Waals surface area contributed by atoms with Gasteiger partial charge in [0.15, 0.2) is 0 Å². The van der Waals surface area contributed by atoms with Gasteiger partial charge in [-0.1, -0.05) is 292 Å². The molecule has 0 saturated heterocycles. The summed E-state index contributed by atoms with van der Waals surface area (Å²) in [5, 5.41) is 9.41. The molecule has 5 aromatic carbocycles. The topological polar surface area (TPSA) is 112 Å². The van der Waals surface area contributed by atoms with Gasteiger partial charge in [-0.2, -0.15) is 0 Å². The predicted octanol–water partition coefficient (Wildman–Crippen LogP) is 24.2. The van der Waals surface area contributed by atoms with Crippen molar-refractivity contribution < 1.29 is 24.0 Å². The van der Waals surface area contributed by atoms with Crippen molar-refractivity contribution in [3.8, 4) is 5.75 Å². The van der Waals surface area contributed by atoms with Crippen LogP contribution in [0.2, 0.25) is 0 Å². The molecule has 0 atom stereocenters. The first kappa shape index (κ1) is 68.9. The zero-order chi connectivity index (χ0) is 59.2. The van der Waals surface area contributed by atoms with Crippen LogP contribution in [0.25, 0.3) is 10.4 Å². The van der Waals surface area contributed by atoms with Crippen molar-refractivity contribution >= 4 is 45.8 Å². The minimum absolute atomic E-state index is 0.279. The Morgan fingerprint density at radius 2 is 0.667 bits per heavy atom. The van der Waals surface area contributed by atoms with Crippen LogP contribution in [-0.4, -0.2) is 25.8 Å². The van der Waals surface area contributed by atoms with Gasteiger partial charge in [0, 0.05) is 10.6 Å². The highest BCUT2D eigenvalue weighted by Crippen LogP contribution is 2.48. The zero-order valence-electron chi connectivity index (χ0n) is 52.4. The molecule has 0 radical (unpaired) electrons. The van der Waals surface area contributed by atoms with Crippen LogP contribution in [0.3, 0.4) is 0 Å². The van der Waals surface area contributed by atoms with Gasteiger partial charge in [0.2, 0.25) is 0 Å². The van der Waals surface area contributed by atoms with E-state index >= 15 is 0 Å². The van der Waals surface area contributed by atoms with Gasteiger partial charge in [0.1, 0.15) is 11.4 Å². The van der Waals surface area contributed by atoms with E-state index in [4.69, 9.17) is 24.8 Å². The Balaban J connectivity index is 1.52. The lowest BCUT2D eigenvalue weighted by Gasteiger charge is -2.36. The summed E-state index contributed by atoms with van der Waals surface area (Å²) in [7, 11) is 0. The molecular weight excluding hydrogens is 1040 g/mol. The first-order valence-electron chi connectivity index (χ1n) is 33.6. The number of ether oxygens (including phenoxy) is 1. The van der Waals surface area contributed by atoms with Crippen molar-refractivity contribution in [3.63, 3.8) is 0 Å². The number of hydrogen-bond acceptors (Lipinski definition) is 9. The Bertz CT molecular complexity index is 2360. The van der Waals surface area contributed by atoms with Crippen LogP contribution >= 0.6 is 0 Å². The van der Waals surface area contributed by atoms with Crippen molar-refractivity contribution in [2.24, 2.45) is 5.11 Å². The summed E-state index contributed by atoms with van der Waals surface area (Å²) in [6.07, 6.45) is 44.7. The third kappa shape index (κ3) is 27.9. The van der Waals surface area contributed by atoms with Crippen LogP contribution in [-0.2, 0) is 14.5 Å². The van der Waals surface area contributed by atoms with Gasteiger partial charge < -0.3 is 4.74 Å². The fourth-order valence-electron chi connectivity index (χ4n) is 10.9. The predicted molar refractivity (Wildman–Crippen MR) is 353 cm³/mol. The second kappa shape index (κ2) is 45.5. The number of azide groups is 1. The van der Waals surface area contributed by atoms with E-state index in [0.717, 1.165) is 74.8 Å². The molecule has 0 heterocycles. The second-order valence-corrected chi connectivity index (χ2v) is 23.0. The maximum Gasteiger partial charge on any atom is 0.343 e. The summed E-state index contributed by atoms with van der Waals surface area (Å²) >= 11 is 0. The molecule has 0 fully saturated rings. The molecule has 0 spiro atoms. The number of benzene rings is 5. The lowest BCUT2D eigenvalue weighted by atomic mass is 10.1. The second-order valence-electron chi connectivity index (χ2n) is 23.0. The Labute approximate surface area is 508 Å². The Kier molecular flexibility index (Phi) is 37.4. The molecule has 5 aromatic rings. The molecule has 5 rings (SSSR count). The maximum atomic E-state index is 14.9. The summed E-state index contributed by atoms with van der Waals surface area (Å²) in [4.78, 5) is 39.1. The van der Waals surface area contributed by atoms with E-state index in [0.29, 0.717) is 48.3 Å². The first-order valence-corrected chi connectivity index (χ1v) is 33.6. The number of carbonyl (C=O) groups excluding carboxylic acids is 1. The molecular formula is C73H108N6O5. The van der Waals surface area contributed by atoms with Crippen molar-refractivity contribution in [1.29, 1.82) is 0 Å². The Morgan fingerprint density at radius 1 is 0.381 bits per heavy atom. The van der Waals surface area contributed by atoms with Crippen LogP contribution < -0.4 is 19.9 Å². The lowest BCUT2D eigenvalue weighted by molar-refractivity contribution is 0.0734. The number of hydrogen-bond donors (Lipinski definition) is 0. The maximum absolute atomic E-state index is 14.9. The van der Waals surface area contributed by atoms with E-state index in [9.17, 15) is 4.79 Å². The molecule has 0 amide bonds. The van der Waals surface area contributed by atoms with Gasteiger partial charge in [-0.3, -0.25) is 14.5 Å². The quantitative estimate of drug-likeness (QED) is 0.00720. The third-order valence-corrected chi connectivity index (χ3v) is 15.8. The molecule has 0 unspecified atom stereocenters. The molecule has 0 bridgehead atoms. The van der Waals surface area contributed by atoms with E-state index < -0.39 is 5.97 Å². The minimum Gasteiger partial charge on any atom is -0.423 e. The fraction of sp³-hybridized carbons (Fsp3) is 0.575. The van der Waals surface area contributed by atoms with E-state index in [1.165, 1.54) is 173 Å². The van der Waals surface area contributed by atoms with Gasteiger partial charge in [0.25, 0.3) is 0 Å². The SMILES string of the molecule is CCCCCCCCCCCCCCON(c1ccccc1)c1cc(C(=O)Oc2ccc(N=[N+]=[N-])cc2)cc(N(OCCCCCCCCCCCCCC)c2ccccc2)c1N(OCCCCCCCCCCCCCC)c1ccccc1. The average Bonchev–Trinajstić information content (AvgIpc) is 2.41. The van der Waals surface area contributed by atoms with Gasteiger partial charge in [-0.15, -0.1) is 0 Å². The minimum atomic E-state index is -0.577. The highest BCUT2D eigenvalue weighted by Gasteiger charge is 2.31. The molecule has 84 heavy (non-hydrogen) atoms. The number of carbonyl (C=O) groups is 1. The lowest BCUT2D eigenvalue weighted by Crippen LogP contribution is -2.29. The highest BCUT2D eigenvalue weighted by molar-refractivity contribution is 6.00. The van der Waals surface area contributed by atoms with Crippen LogP contribution in [0.5, 0.6) is 5.75 Å². The number of unbranched alkanes of at least 4 members (excludes halogenated alkanes) is 33. The standard InChI is InChI=1S/C73H108N6O5/c1-4-7-10-13-16-19-22-25-28-31-34-46-59-81-77(66-49-40-37-41-50-66)70-62-64(73(80)84-69-57-55-65(56-58-69)75-76-74)63-71(78(67-51-42-38-43-52-67)82-60-47-35-32-29-26-23-20-17-14-11-8-5-2)72(70)79(68-53-44-39-45-54-68)83-61-48-36-33-30-27-24-21-18-15-12-9-6-3/h37-45,49-58,62-63H,4-36,46-48,59-61H2,1-3H3. The largest absolute Gasteiger partial charge is 0.423 e. The molecule has 0 N–H and O–H groups in total. The highest BCUT2D eigenvalue weighted by atomic mass is 16.7. The van der Waals surface area contributed by atoms with E-state index in [-0.39, 0.29) is 5.56 Å². The van der Waals surface area contributed by atoms with Crippen LogP contribution in [0.15, 0.2) is 133 Å². The van der Waals surface area contributed by atoms with Crippen molar-refractivity contribution in [2.45, 2.75) is 252 Å². The number of anilines is 6. The molecule has 0 saturated carbocycles. The fourth-order valence-corrected chi connectivity index (χ4v) is 10.9. The van der Waals surface area contributed by atoms with Crippen molar-refractivity contribution in [3.05, 3.63) is 143 Å².